The molecule has 0 aliphatic heterocycles. The van der Waals surface area contributed by atoms with Gasteiger partial charge in [0.2, 0.25) is 5.91 Å². The molecule has 0 saturated heterocycles. The van der Waals surface area contributed by atoms with Crippen LogP contribution in [0.5, 0.6) is 0 Å². The first-order valence-electron chi connectivity index (χ1n) is 20.8. The van der Waals surface area contributed by atoms with Crippen molar-refractivity contribution in [3.63, 3.8) is 0 Å². The van der Waals surface area contributed by atoms with Gasteiger partial charge in [0.05, 0.1) is 17.9 Å². The molecule has 0 radical (unpaired) electrons. The summed E-state index contributed by atoms with van der Waals surface area (Å²) in [6, 6.07) is -1.25. The molecule has 0 fully saturated rings. The van der Waals surface area contributed by atoms with Crippen LogP contribution in [0, 0.1) is 0 Å². The van der Waals surface area contributed by atoms with Crippen molar-refractivity contribution in [2.24, 2.45) is 0 Å². The van der Waals surface area contributed by atoms with Gasteiger partial charge in [-0.2, -0.15) is 8.42 Å². The minimum Gasteiger partial charge on any atom is -0.387 e. The molecular formula is C42H79NO6S. The Morgan fingerprint density at radius 2 is 0.900 bits per heavy atom. The SMILES string of the molecule is CCCCCCCCC/C=C/CC/C=C/CC/C=C/C(O)C(CS(=O)(=O)O)NC(=O)C(O)CCCCCCCCCCCCCCCCCC. The monoisotopic (exact) mass is 726 g/mol. The molecule has 0 bridgehead atoms. The summed E-state index contributed by atoms with van der Waals surface area (Å²) >= 11 is 0. The van der Waals surface area contributed by atoms with Gasteiger partial charge in [0.15, 0.2) is 0 Å². The van der Waals surface area contributed by atoms with E-state index in [1.54, 1.807) is 6.08 Å². The Morgan fingerprint density at radius 3 is 1.32 bits per heavy atom. The third-order valence-electron chi connectivity index (χ3n) is 9.40. The van der Waals surface area contributed by atoms with Crippen molar-refractivity contribution in [3.8, 4) is 0 Å². The highest BCUT2D eigenvalue weighted by atomic mass is 32.2. The molecule has 0 aromatic rings. The van der Waals surface area contributed by atoms with Gasteiger partial charge in [0.1, 0.15) is 6.10 Å². The summed E-state index contributed by atoms with van der Waals surface area (Å²) in [7, 11) is -4.45. The van der Waals surface area contributed by atoms with Crippen molar-refractivity contribution in [1.82, 2.24) is 5.32 Å². The molecular weight excluding hydrogens is 647 g/mol. The predicted molar refractivity (Wildman–Crippen MR) is 213 cm³/mol. The summed E-state index contributed by atoms with van der Waals surface area (Å²) in [4.78, 5) is 12.6. The lowest BCUT2D eigenvalue weighted by Gasteiger charge is -2.22. The second kappa shape index (κ2) is 35.9. The van der Waals surface area contributed by atoms with Gasteiger partial charge >= 0.3 is 0 Å². The summed E-state index contributed by atoms with van der Waals surface area (Å²) in [5.41, 5.74) is 0. The number of amides is 1. The molecule has 0 spiro atoms. The van der Waals surface area contributed by atoms with Crippen molar-refractivity contribution in [2.75, 3.05) is 5.75 Å². The first kappa shape index (κ1) is 48.5. The Morgan fingerprint density at radius 1 is 0.540 bits per heavy atom. The molecule has 0 rings (SSSR count). The molecule has 50 heavy (non-hydrogen) atoms. The topological polar surface area (TPSA) is 124 Å². The van der Waals surface area contributed by atoms with Gasteiger partial charge in [0, 0.05) is 0 Å². The van der Waals surface area contributed by atoms with Crippen molar-refractivity contribution < 1.29 is 28.0 Å². The van der Waals surface area contributed by atoms with E-state index in [1.807, 2.05) is 0 Å². The largest absolute Gasteiger partial charge is 0.387 e. The first-order chi connectivity index (χ1) is 24.2. The molecule has 0 aliphatic carbocycles. The van der Waals surface area contributed by atoms with E-state index < -0.39 is 40.0 Å². The van der Waals surface area contributed by atoms with E-state index in [1.165, 1.54) is 128 Å². The Kier molecular flexibility index (Phi) is 34.8. The van der Waals surface area contributed by atoms with Crippen LogP contribution in [0.1, 0.15) is 200 Å². The van der Waals surface area contributed by atoms with Crippen LogP contribution in [0.4, 0.5) is 0 Å². The predicted octanol–water partition coefficient (Wildman–Crippen LogP) is 11.1. The van der Waals surface area contributed by atoms with E-state index in [9.17, 15) is 28.0 Å². The van der Waals surface area contributed by atoms with Crippen LogP contribution in [0.3, 0.4) is 0 Å². The maximum absolute atomic E-state index is 12.6. The van der Waals surface area contributed by atoms with Crippen molar-refractivity contribution >= 4 is 16.0 Å². The van der Waals surface area contributed by atoms with Crippen molar-refractivity contribution in [2.45, 2.75) is 218 Å². The highest BCUT2D eigenvalue weighted by Gasteiger charge is 2.27. The van der Waals surface area contributed by atoms with E-state index in [0.29, 0.717) is 12.8 Å². The Hall–Kier alpha value is -1.48. The molecule has 0 aromatic heterocycles. The van der Waals surface area contributed by atoms with Gasteiger partial charge in [-0.1, -0.05) is 192 Å². The maximum Gasteiger partial charge on any atom is 0.267 e. The molecule has 8 heteroatoms. The van der Waals surface area contributed by atoms with Crippen molar-refractivity contribution in [3.05, 3.63) is 36.5 Å². The Labute approximate surface area is 309 Å². The van der Waals surface area contributed by atoms with E-state index in [2.05, 4.69) is 43.5 Å². The smallest absolute Gasteiger partial charge is 0.267 e. The number of unbranched alkanes of at least 4 members (excludes halogenated alkanes) is 24. The van der Waals surface area contributed by atoms with Crippen LogP contribution >= 0.6 is 0 Å². The van der Waals surface area contributed by atoms with E-state index in [-0.39, 0.29) is 6.42 Å². The zero-order chi connectivity index (χ0) is 37.0. The molecule has 0 aliphatic rings. The van der Waals surface area contributed by atoms with E-state index in [0.717, 1.165) is 44.9 Å². The van der Waals surface area contributed by atoms with Crippen LogP contribution < -0.4 is 5.32 Å². The number of hydrogen-bond donors (Lipinski definition) is 4. The molecule has 0 heterocycles. The lowest BCUT2D eigenvalue weighted by Crippen LogP contribution is -2.50. The fourth-order valence-electron chi connectivity index (χ4n) is 6.19. The molecule has 1 amide bonds. The number of aliphatic hydroxyl groups is 2. The quantitative estimate of drug-likeness (QED) is 0.0287. The third kappa shape index (κ3) is 34.9. The van der Waals surface area contributed by atoms with Gasteiger partial charge in [-0.25, -0.2) is 0 Å². The first-order valence-corrected chi connectivity index (χ1v) is 22.4. The number of rotatable bonds is 37. The molecule has 3 atom stereocenters. The molecule has 7 nitrogen and oxygen atoms in total. The average molecular weight is 726 g/mol. The molecule has 3 unspecified atom stereocenters. The van der Waals surface area contributed by atoms with Crippen molar-refractivity contribution in [1.29, 1.82) is 0 Å². The van der Waals surface area contributed by atoms with Gasteiger partial charge < -0.3 is 15.5 Å². The molecule has 4 N–H and O–H groups in total. The normalized spacial score (nSPS) is 14.3. The van der Waals surface area contributed by atoms with Crippen LogP contribution in [0.15, 0.2) is 36.5 Å². The zero-order valence-electron chi connectivity index (χ0n) is 32.4. The highest BCUT2D eigenvalue weighted by molar-refractivity contribution is 7.85. The highest BCUT2D eigenvalue weighted by Crippen LogP contribution is 2.15. The minimum absolute atomic E-state index is 0.274. The Balaban J connectivity index is 4.10. The zero-order valence-corrected chi connectivity index (χ0v) is 33.2. The van der Waals surface area contributed by atoms with Gasteiger partial charge in [-0.05, 0) is 44.9 Å². The maximum atomic E-state index is 12.6. The third-order valence-corrected chi connectivity index (χ3v) is 10.2. The molecule has 0 aromatic carbocycles. The van der Waals surface area contributed by atoms with Crippen LogP contribution in [0.2, 0.25) is 0 Å². The van der Waals surface area contributed by atoms with E-state index >= 15 is 0 Å². The minimum atomic E-state index is -4.45. The summed E-state index contributed by atoms with van der Waals surface area (Å²) in [6.07, 6.45) is 43.4. The lowest BCUT2D eigenvalue weighted by molar-refractivity contribution is -0.130. The standard InChI is InChI=1S/C42H79NO6S/c1-3-5-7-9-11-13-15-17-19-21-23-24-26-28-30-32-34-36-40(44)39(38-50(47,48)49)43-42(46)41(45)37-35-33-31-29-27-25-22-20-18-16-14-12-10-8-6-4-2/h19,21,26,28,34,36,39-41,44-45H,3-18,20,22-25,27,29-33,35,37-38H2,1-2H3,(H,43,46)(H,47,48,49)/b21-19+,28-26+,36-34+. The average Bonchev–Trinajstić information content (AvgIpc) is 3.08. The number of aliphatic hydroxyl groups excluding tert-OH is 2. The van der Waals surface area contributed by atoms with Crippen LogP contribution in [-0.4, -0.2) is 53.1 Å². The molecule has 294 valence electrons. The summed E-state index contributed by atoms with van der Waals surface area (Å²) in [5, 5.41) is 23.4. The second-order valence-corrected chi connectivity index (χ2v) is 15.9. The van der Waals surface area contributed by atoms with Crippen LogP contribution in [-0.2, 0) is 14.9 Å². The lowest BCUT2D eigenvalue weighted by atomic mass is 10.0. The van der Waals surface area contributed by atoms with Gasteiger partial charge in [-0.3, -0.25) is 9.35 Å². The summed E-state index contributed by atoms with van der Waals surface area (Å²) < 4.78 is 32.5. The number of nitrogens with one attached hydrogen (secondary N) is 1. The molecule has 0 saturated carbocycles. The summed E-state index contributed by atoms with van der Waals surface area (Å²) in [6.45, 7) is 4.50. The van der Waals surface area contributed by atoms with Crippen LogP contribution in [0.25, 0.3) is 0 Å². The fourth-order valence-corrected chi connectivity index (χ4v) is 6.93. The fraction of sp³-hybridized carbons (Fsp3) is 0.833. The number of allylic oxidation sites excluding steroid dienone is 5. The number of carbonyl (C=O) groups excluding carboxylic acids is 1. The second-order valence-electron chi connectivity index (χ2n) is 14.4. The Bertz CT molecular complexity index is 948. The summed E-state index contributed by atoms with van der Waals surface area (Å²) in [5.74, 6) is -1.56. The van der Waals surface area contributed by atoms with E-state index in [4.69, 9.17) is 0 Å². The van der Waals surface area contributed by atoms with Gasteiger partial charge in [-0.15, -0.1) is 0 Å². The van der Waals surface area contributed by atoms with Gasteiger partial charge in [0.25, 0.3) is 10.1 Å². The number of hydrogen-bond acceptors (Lipinski definition) is 5. The number of carbonyl (C=O) groups is 1.